The first-order chi connectivity index (χ1) is 18.2. The van der Waals surface area contributed by atoms with Gasteiger partial charge in [-0.3, -0.25) is 9.59 Å². The van der Waals surface area contributed by atoms with Crippen molar-refractivity contribution in [2.45, 2.75) is 19.5 Å². The second-order valence-electron chi connectivity index (χ2n) is 8.47. The molecule has 2 amide bonds. The zero-order chi connectivity index (χ0) is 27.3. The lowest BCUT2D eigenvalue weighted by Crippen LogP contribution is -2.23. The quantitative estimate of drug-likeness (QED) is 0.294. The second kappa shape index (κ2) is 11.3. The van der Waals surface area contributed by atoms with Crippen molar-refractivity contribution in [3.05, 3.63) is 90.1 Å². The predicted molar refractivity (Wildman–Crippen MR) is 140 cm³/mol. The van der Waals surface area contributed by atoms with Crippen molar-refractivity contribution in [3.8, 4) is 28.1 Å². The van der Waals surface area contributed by atoms with Gasteiger partial charge in [-0.1, -0.05) is 36.4 Å². The van der Waals surface area contributed by atoms with E-state index in [-0.39, 0.29) is 30.5 Å². The number of nitrogens with one attached hydrogen (secondary N) is 2. The Labute approximate surface area is 217 Å². The zero-order valence-electron chi connectivity index (χ0n) is 20.5. The van der Waals surface area contributed by atoms with Gasteiger partial charge in [0.05, 0.1) is 16.9 Å². The third kappa shape index (κ3) is 6.09. The Morgan fingerprint density at radius 1 is 0.895 bits per heavy atom. The molecule has 0 aliphatic heterocycles. The lowest BCUT2D eigenvalue weighted by molar-refractivity contribution is -0.137. The molecule has 0 aliphatic rings. The van der Waals surface area contributed by atoms with Gasteiger partial charge in [-0.05, 0) is 60.5 Å². The Balaban J connectivity index is 1.66. The monoisotopic (exact) mass is 521 g/mol. The molecule has 1 heterocycles. The van der Waals surface area contributed by atoms with Crippen molar-refractivity contribution in [2.75, 3.05) is 18.4 Å². The van der Waals surface area contributed by atoms with Gasteiger partial charge in [0, 0.05) is 30.8 Å². The fraction of sp³-hybridized carbons (Fsp3) is 0.179. The fourth-order valence-corrected chi connectivity index (χ4v) is 3.87. The van der Waals surface area contributed by atoms with E-state index in [9.17, 15) is 22.8 Å². The summed E-state index contributed by atoms with van der Waals surface area (Å²) in [7, 11) is 0. The van der Waals surface area contributed by atoms with Crippen molar-refractivity contribution in [3.63, 3.8) is 0 Å². The van der Waals surface area contributed by atoms with Crippen LogP contribution in [0.15, 0.2) is 78.9 Å². The first-order valence-electron chi connectivity index (χ1n) is 12.0. The van der Waals surface area contributed by atoms with Crippen molar-refractivity contribution in [1.82, 2.24) is 15.1 Å². The predicted octanol–water partition coefficient (Wildman–Crippen LogP) is 5.26. The lowest BCUT2D eigenvalue weighted by atomic mass is 10.0. The molecule has 38 heavy (non-hydrogen) atoms. The van der Waals surface area contributed by atoms with Crippen molar-refractivity contribution < 1.29 is 22.8 Å². The van der Waals surface area contributed by atoms with Crippen molar-refractivity contribution >= 4 is 17.5 Å². The SMILES string of the molecule is CCNC(=O)c1cc(-c2ccc(-c3ccc(C(F)(F)F)cc3)cc2)n(-c2ccc(NC(=O)CCN)cc2)n1. The van der Waals surface area contributed by atoms with Crippen LogP contribution in [0.5, 0.6) is 0 Å². The number of nitrogens with two attached hydrogens (primary N) is 1. The third-order valence-electron chi connectivity index (χ3n) is 5.77. The molecule has 3 aromatic carbocycles. The molecule has 4 rings (SSSR count). The Morgan fingerprint density at radius 3 is 2.03 bits per heavy atom. The van der Waals surface area contributed by atoms with E-state index in [4.69, 9.17) is 5.73 Å². The molecule has 0 saturated heterocycles. The number of carbonyl (C=O) groups is 2. The van der Waals surface area contributed by atoms with E-state index in [1.54, 1.807) is 47.1 Å². The van der Waals surface area contributed by atoms with Crippen LogP contribution >= 0.6 is 0 Å². The second-order valence-corrected chi connectivity index (χ2v) is 8.47. The van der Waals surface area contributed by atoms with Gasteiger partial charge in [0.1, 0.15) is 0 Å². The number of benzene rings is 3. The van der Waals surface area contributed by atoms with Gasteiger partial charge in [0.25, 0.3) is 5.91 Å². The Kier molecular flexibility index (Phi) is 7.92. The number of halogens is 3. The zero-order valence-corrected chi connectivity index (χ0v) is 20.5. The molecule has 10 heteroatoms. The highest BCUT2D eigenvalue weighted by atomic mass is 19.4. The maximum atomic E-state index is 12.9. The van der Waals surface area contributed by atoms with Crippen LogP contribution in [0.2, 0.25) is 0 Å². The summed E-state index contributed by atoms with van der Waals surface area (Å²) in [6, 6.07) is 20.9. The molecule has 0 aliphatic carbocycles. The molecule has 0 fully saturated rings. The first-order valence-corrected chi connectivity index (χ1v) is 12.0. The normalized spacial score (nSPS) is 11.3. The van der Waals surface area contributed by atoms with Gasteiger partial charge in [0.15, 0.2) is 5.69 Å². The van der Waals surface area contributed by atoms with E-state index in [2.05, 4.69) is 15.7 Å². The molecular formula is C28H26F3N5O2. The number of rotatable bonds is 8. The third-order valence-corrected chi connectivity index (χ3v) is 5.77. The highest BCUT2D eigenvalue weighted by Gasteiger charge is 2.30. The van der Waals surface area contributed by atoms with E-state index in [1.807, 2.05) is 19.1 Å². The minimum absolute atomic E-state index is 0.188. The molecular weight excluding hydrogens is 495 g/mol. The number of carbonyl (C=O) groups excluding carboxylic acids is 2. The molecule has 0 saturated carbocycles. The summed E-state index contributed by atoms with van der Waals surface area (Å²) in [6.07, 6.45) is -4.18. The summed E-state index contributed by atoms with van der Waals surface area (Å²) in [4.78, 5) is 24.4. The summed E-state index contributed by atoms with van der Waals surface area (Å²) < 4.78 is 40.3. The minimum Gasteiger partial charge on any atom is -0.351 e. The van der Waals surface area contributed by atoms with E-state index >= 15 is 0 Å². The molecule has 4 aromatic rings. The average Bonchev–Trinajstić information content (AvgIpc) is 3.35. The molecule has 4 N–H and O–H groups in total. The summed E-state index contributed by atoms with van der Waals surface area (Å²) in [5.74, 6) is -0.508. The van der Waals surface area contributed by atoms with Crippen LogP contribution in [-0.4, -0.2) is 34.7 Å². The molecule has 0 spiro atoms. The number of aromatic nitrogens is 2. The Morgan fingerprint density at radius 2 is 1.47 bits per heavy atom. The van der Waals surface area contributed by atoms with Gasteiger partial charge < -0.3 is 16.4 Å². The molecule has 0 radical (unpaired) electrons. The molecule has 0 unspecified atom stereocenters. The van der Waals surface area contributed by atoms with Crippen LogP contribution in [0.25, 0.3) is 28.1 Å². The number of hydrogen-bond acceptors (Lipinski definition) is 4. The van der Waals surface area contributed by atoms with E-state index in [0.717, 1.165) is 23.3 Å². The number of nitrogens with zero attached hydrogens (tertiary/aromatic N) is 2. The van der Waals surface area contributed by atoms with Crippen molar-refractivity contribution in [1.29, 1.82) is 0 Å². The number of amides is 2. The Bertz CT molecular complexity index is 1410. The van der Waals surface area contributed by atoms with Crippen LogP contribution in [0, 0.1) is 0 Å². The number of alkyl halides is 3. The topological polar surface area (TPSA) is 102 Å². The first kappa shape index (κ1) is 26.6. The van der Waals surface area contributed by atoms with Gasteiger partial charge >= 0.3 is 6.18 Å². The summed E-state index contributed by atoms with van der Waals surface area (Å²) in [5, 5.41) is 10.0. The van der Waals surface area contributed by atoms with Crippen LogP contribution in [0.4, 0.5) is 18.9 Å². The Hall–Kier alpha value is -4.44. The van der Waals surface area contributed by atoms with Gasteiger partial charge in [-0.25, -0.2) is 4.68 Å². The maximum Gasteiger partial charge on any atom is 0.416 e. The maximum absolute atomic E-state index is 12.9. The van der Waals surface area contributed by atoms with Crippen LogP contribution < -0.4 is 16.4 Å². The molecule has 0 atom stereocenters. The molecule has 196 valence electrons. The van der Waals surface area contributed by atoms with E-state index in [0.29, 0.717) is 29.2 Å². The highest BCUT2D eigenvalue weighted by Crippen LogP contribution is 2.32. The van der Waals surface area contributed by atoms with Crippen molar-refractivity contribution in [2.24, 2.45) is 5.73 Å². The van der Waals surface area contributed by atoms with Gasteiger partial charge in [0.2, 0.25) is 5.91 Å². The van der Waals surface area contributed by atoms with Gasteiger partial charge in [-0.15, -0.1) is 0 Å². The van der Waals surface area contributed by atoms with E-state index < -0.39 is 11.7 Å². The van der Waals surface area contributed by atoms with E-state index in [1.165, 1.54) is 12.1 Å². The number of hydrogen-bond donors (Lipinski definition) is 3. The summed E-state index contributed by atoms with van der Waals surface area (Å²) in [5.41, 5.74) is 9.01. The number of anilines is 1. The minimum atomic E-state index is -4.39. The standard InChI is InChI=1S/C28H26F3N5O2/c1-2-33-27(38)24-17-25(36(35-24)23-13-11-22(12-14-23)34-26(37)15-16-32)20-5-3-18(4-6-20)19-7-9-21(10-8-19)28(29,30)31/h3-14,17H,2,15-16,32H2,1H3,(H,33,38)(H,34,37). The summed E-state index contributed by atoms with van der Waals surface area (Å²) in [6.45, 7) is 2.51. The van der Waals surface area contributed by atoms with Gasteiger partial charge in [-0.2, -0.15) is 18.3 Å². The van der Waals surface area contributed by atoms with Crippen LogP contribution in [-0.2, 0) is 11.0 Å². The molecule has 0 bridgehead atoms. The van der Waals surface area contributed by atoms with Crippen LogP contribution in [0.1, 0.15) is 29.4 Å². The largest absolute Gasteiger partial charge is 0.416 e. The fourth-order valence-electron chi connectivity index (χ4n) is 3.87. The summed E-state index contributed by atoms with van der Waals surface area (Å²) >= 11 is 0. The smallest absolute Gasteiger partial charge is 0.351 e. The molecule has 7 nitrogen and oxygen atoms in total. The molecule has 1 aromatic heterocycles. The van der Waals surface area contributed by atoms with Crippen LogP contribution in [0.3, 0.4) is 0 Å². The average molecular weight is 522 g/mol. The lowest BCUT2D eigenvalue weighted by Gasteiger charge is -2.11. The highest BCUT2D eigenvalue weighted by molar-refractivity contribution is 5.94.